The molecule has 0 saturated heterocycles. The predicted octanol–water partition coefficient (Wildman–Crippen LogP) is 8.58. The molecule has 0 unspecified atom stereocenters. The largest absolute Gasteiger partial charge is 0.309 e. The molecule has 5 rings (SSSR count). The van der Waals surface area contributed by atoms with E-state index in [-0.39, 0.29) is 5.41 Å². The fourth-order valence-corrected chi connectivity index (χ4v) is 5.98. The summed E-state index contributed by atoms with van der Waals surface area (Å²) in [6.45, 7) is 15.1. The minimum Gasteiger partial charge on any atom is -0.309 e. The van der Waals surface area contributed by atoms with Gasteiger partial charge in [0.25, 0.3) is 0 Å². The first-order valence-corrected chi connectivity index (χ1v) is 11.1. The van der Waals surface area contributed by atoms with Gasteiger partial charge in [0.1, 0.15) is 0 Å². The van der Waals surface area contributed by atoms with E-state index in [1.165, 1.54) is 36.6 Å². The van der Waals surface area contributed by atoms with Gasteiger partial charge >= 0.3 is 0 Å². The molecule has 0 atom stereocenters. The minimum absolute atomic E-state index is 0.0967. The van der Waals surface area contributed by atoms with Gasteiger partial charge in [0.15, 0.2) is 0 Å². The lowest BCUT2D eigenvalue weighted by Crippen LogP contribution is -2.10. The summed E-state index contributed by atoms with van der Waals surface area (Å²) in [5.41, 5.74) is 6.10. The zero-order valence-electron chi connectivity index (χ0n) is 17.7. The molecule has 0 amide bonds. The first-order valence-electron chi connectivity index (χ1n) is 10.3. The van der Waals surface area contributed by atoms with Crippen molar-refractivity contribution in [1.29, 1.82) is 0 Å². The molecular weight excluding hydrogens is 382 g/mol. The Labute approximate surface area is 181 Å². The van der Waals surface area contributed by atoms with E-state index in [2.05, 4.69) is 99.2 Å². The second-order valence-corrected chi connectivity index (χ2v) is 9.80. The number of benzene rings is 3. The standard InChI is InChI=1S/C28H25NS/c1-6-19-20-16-17-24-25(21-14-11-15-22(27(21)30-24)28(3,4)5)26(20)29(23(19)7-2)18-12-9-8-10-13-18/h6-17H,1-2H2,3-5H3. The topological polar surface area (TPSA) is 4.93 Å². The Balaban J connectivity index is 2.06. The molecular formula is C28H25NS. The number of hydrogen-bond acceptors (Lipinski definition) is 1. The summed E-state index contributed by atoms with van der Waals surface area (Å²) in [6.07, 6.45) is 3.91. The normalized spacial score (nSPS) is 12.1. The van der Waals surface area contributed by atoms with Gasteiger partial charge in [-0.1, -0.05) is 82.5 Å². The van der Waals surface area contributed by atoms with Crippen molar-refractivity contribution in [3.05, 3.63) is 90.6 Å². The summed E-state index contributed by atoms with van der Waals surface area (Å²) >= 11 is 1.90. The molecule has 0 spiro atoms. The van der Waals surface area contributed by atoms with E-state index in [9.17, 15) is 0 Å². The van der Waals surface area contributed by atoms with Crippen LogP contribution in [0.1, 0.15) is 37.6 Å². The van der Waals surface area contributed by atoms with Crippen molar-refractivity contribution in [1.82, 2.24) is 4.57 Å². The van der Waals surface area contributed by atoms with Crippen LogP contribution in [0.5, 0.6) is 0 Å². The van der Waals surface area contributed by atoms with Crippen molar-refractivity contribution in [3.63, 3.8) is 0 Å². The van der Waals surface area contributed by atoms with Crippen molar-refractivity contribution in [2.75, 3.05) is 0 Å². The minimum atomic E-state index is 0.0967. The van der Waals surface area contributed by atoms with Crippen molar-refractivity contribution in [2.45, 2.75) is 26.2 Å². The van der Waals surface area contributed by atoms with Crippen molar-refractivity contribution >= 4 is 54.6 Å². The predicted molar refractivity (Wildman–Crippen MR) is 135 cm³/mol. The summed E-state index contributed by atoms with van der Waals surface area (Å²) in [7, 11) is 0. The summed E-state index contributed by atoms with van der Waals surface area (Å²) in [4.78, 5) is 0. The molecule has 1 nitrogen and oxygen atoms in total. The smallest absolute Gasteiger partial charge is 0.0634 e. The van der Waals surface area contributed by atoms with Crippen molar-refractivity contribution in [2.24, 2.45) is 0 Å². The van der Waals surface area contributed by atoms with E-state index in [4.69, 9.17) is 0 Å². The van der Waals surface area contributed by atoms with Crippen LogP contribution >= 0.6 is 11.3 Å². The monoisotopic (exact) mass is 407 g/mol. The van der Waals surface area contributed by atoms with Gasteiger partial charge in [-0.05, 0) is 35.3 Å². The third kappa shape index (κ3) is 2.60. The number of aromatic nitrogens is 1. The van der Waals surface area contributed by atoms with Crippen LogP contribution in [0.15, 0.2) is 73.8 Å². The number of hydrogen-bond donors (Lipinski definition) is 0. The van der Waals surface area contributed by atoms with E-state index in [0.717, 1.165) is 16.9 Å². The number of para-hydroxylation sites is 1. The van der Waals surface area contributed by atoms with Crippen LogP contribution in [-0.4, -0.2) is 4.57 Å². The molecule has 148 valence electrons. The molecule has 0 aliphatic carbocycles. The lowest BCUT2D eigenvalue weighted by atomic mass is 9.86. The van der Waals surface area contributed by atoms with Crippen LogP contribution in [-0.2, 0) is 5.41 Å². The van der Waals surface area contributed by atoms with Gasteiger partial charge in [-0.2, -0.15) is 0 Å². The highest BCUT2D eigenvalue weighted by Gasteiger charge is 2.23. The third-order valence-corrected chi connectivity index (χ3v) is 7.09. The Kier molecular flexibility index (Phi) is 4.23. The Morgan fingerprint density at radius 1 is 0.833 bits per heavy atom. The number of thiophene rings is 1. The number of rotatable bonds is 3. The fraction of sp³-hybridized carbons (Fsp3) is 0.143. The highest BCUT2D eigenvalue weighted by Crippen LogP contribution is 2.45. The molecule has 2 aromatic heterocycles. The maximum absolute atomic E-state index is 4.13. The van der Waals surface area contributed by atoms with Gasteiger partial charge in [-0.3, -0.25) is 0 Å². The van der Waals surface area contributed by atoms with Gasteiger partial charge in [0.05, 0.1) is 11.2 Å². The highest BCUT2D eigenvalue weighted by molar-refractivity contribution is 7.26. The van der Waals surface area contributed by atoms with Gasteiger partial charge < -0.3 is 4.57 Å². The SMILES string of the molecule is C=Cc1c(C=C)n(-c2ccccc2)c2c1ccc1sc3c(C(C)(C)C)cccc3c12. The second kappa shape index (κ2) is 6.72. The molecule has 0 saturated carbocycles. The molecule has 2 heteroatoms. The van der Waals surface area contributed by atoms with E-state index in [0.29, 0.717) is 0 Å². The highest BCUT2D eigenvalue weighted by atomic mass is 32.1. The van der Waals surface area contributed by atoms with Gasteiger partial charge in [0.2, 0.25) is 0 Å². The third-order valence-electron chi connectivity index (χ3n) is 5.89. The lowest BCUT2D eigenvalue weighted by molar-refractivity contribution is 0.597. The zero-order valence-corrected chi connectivity index (χ0v) is 18.5. The molecule has 0 bridgehead atoms. The van der Waals surface area contributed by atoms with Crippen LogP contribution in [0.25, 0.3) is 48.9 Å². The van der Waals surface area contributed by atoms with Crippen LogP contribution in [0, 0.1) is 0 Å². The maximum atomic E-state index is 4.13. The zero-order chi connectivity index (χ0) is 21.0. The Hall–Kier alpha value is -3.10. The first-order chi connectivity index (χ1) is 14.5. The van der Waals surface area contributed by atoms with Crippen LogP contribution in [0.3, 0.4) is 0 Å². The van der Waals surface area contributed by atoms with Gasteiger partial charge in [0, 0.05) is 36.8 Å². The molecule has 5 aromatic rings. The average molecular weight is 408 g/mol. The summed E-state index contributed by atoms with van der Waals surface area (Å²) < 4.78 is 5.04. The summed E-state index contributed by atoms with van der Waals surface area (Å²) in [5.74, 6) is 0. The van der Waals surface area contributed by atoms with Gasteiger partial charge in [-0.15, -0.1) is 11.3 Å². The van der Waals surface area contributed by atoms with Gasteiger partial charge in [-0.25, -0.2) is 0 Å². The molecule has 0 aliphatic heterocycles. The molecule has 0 aliphatic rings. The second-order valence-electron chi connectivity index (χ2n) is 8.75. The molecule has 0 radical (unpaired) electrons. The number of fused-ring (bicyclic) bond motifs is 5. The Morgan fingerprint density at radius 3 is 2.27 bits per heavy atom. The van der Waals surface area contributed by atoms with Crippen LogP contribution in [0.4, 0.5) is 0 Å². The molecule has 30 heavy (non-hydrogen) atoms. The number of nitrogens with zero attached hydrogens (tertiary/aromatic N) is 1. The molecule has 2 heterocycles. The molecule has 0 N–H and O–H groups in total. The van der Waals surface area contributed by atoms with Crippen molar-refractivity contribution in [3.8, 4) is 5.69 Å². The quantitative estimate of drug-likeness (QED) is 0.282. The Bertz CT molecular complexity index is 1440. The first kappa shape index (κ1) is 18.9. The van der Waals surface area contributed by atoms with Crippen LogP contribution < -0.4 is 0 Å². The van der Waals surface area contributed by atoms with E-state index in [1.807, 2.05) is 23.5 Å². The summed E-state index contributed by atoms with van der Waals surface area (Å²) in [6, 6.07) is 21.8. The lowest BCUT2D eigenvalue weighted by Gasteiger charge is -2.19. The van der Waals surface area contributed by atoms with Crippen molar-refractivity contribution < 1.29 is 0 Å². The van der Waals surface area contributed by atoms with E-state index >= 15 is 0 Å². The summed E-state index contributed by atoms with van der Waals surface area (Å²) in [5, 5.41) is 3.87. The maximum Gasteiger partial charge on any atom is 0.0634 e. The van der Waals surface area contributed by atoms with E-state index < -0.39 is 0 Å². The fourth-order valence-electron chi connectivity index (χ4n) is 4.55. The average Bonchev–Trinajstić information content (AvgIpc) is 3.27. The Morgan fingerprint density at radius 2 is 1.60 bits per heavy atom. The molecule has 3 aromatic carbocycles. The van der Waals surface area contributed by atoms with E-state index in [1.54, 1.807) is 0 Å². The van der Waals surface area contributed by atoms with Crippen LogP contribution in [0.2, 0.25) is 0 Å². The molecule has 0 fully saturated rings.